The second-order valence-electron chi connectivity index (χ2n) is 9.35. The van der Waals surface area contributed by atoms with E-state index in [1.807, 2.05) is 59.5 Å². The Bertz CT molecular complexity index is 1450. The molecule has 39 heavy (non-hydrogen) atoms. The summed E-state index contributed by atoms with van der Waals surface area (Å²) in [7, 11) is 1.61. The number of halogens is 4. The van der Waals surface area contributed by atoms with Gasteiger partial charge in [0.2, 0.25) is 0 Å². The summed E-state index contributed by atoms with van der Waals surface area (Å²) in [5.74, 6) is 0.157. The van der Waals surface area contributed by atoms with Crippen LogP contribution in [0.15, 0.2) is 91.0 Å². The van der Waals surface area contributed by atoms with Gasteiger partial charge in [-0.25, -0.2) is 4.39 Å². The number of carbonyl (C=O) groups is 1. The van der Waals surface area contributed by atoms with E-state index in [2.05, 4.69) is 22.6 Å². The number of amides is 1. The quantitative estimate of drug-likeness (QED) is 0.186. The van der Waals surface area contributed by atoms with Crippen LogP contribution in [0.25, 0.3) is 0 Å². The lowest BCUT2D eigenvalue weighted by atomic mass is 9.90. The summed E-state index contributed by atoms with van der Waals surface area (Å²) < 4.78 is 27.5. The molecule has 8 heteroatoms. The maximum Gasteiger partial charge on any atom is 0.253 e. The van der Waals surface area contributed by atoms with Crippen LogP contribution in [0, 0.1) is 9.39 Å². The van der Waals surface area contributed by atoms with Crippen molar-refractivity contribution in [1.29, 1.82) is 0 Å². The fourth-order valence-corrected chi connectivity index (χ4v) is 5.55. The number of rotatable bonds is 7. The van der Waals surface area contributed by atoms with Gasteiger partial charge in [-0.15, -0.1) is 0 Å². The van der Waals surface area contributed by atoms with E-state index in [0.29, 0.717) is 22.2 Å². The minimum Gasteiger partial charge on any atom is -0.497 e. The molecule has 2 unspecified atom stereocenters. The van der Waals surface area contributed by atoms with E-state index < -0.39 is 18.2 Å². The third-order valence-electron chi connectivity index (χ3n) is 6.83. The van der Waals surface area contributed by atoms with Crippen LogP contribution in [-0.2, 0) is 22.5 Å². The van der Waals surface area contributed by atoms with Gasteiger partial charge >= 0.3 is 0 Å². The van der Waals surface area contributed by atoms with Crippen LogP contribution in [0.3, 0.4) is 0 Å². The van der Waals surface area contributed by atoms with Crippen molar-refractivity contribution in [2.75, 3.05) is 7.11 Å². The van der Waals surface area contributed by atoms with Crippen molar-refractivity contribution in [2.45, 2.75) is 31.2 Å². The highest BCUT2D eigenvalue weighted by molar-refractivity contribution is 14.1. The van der Waals surface area contributed by atoms with Gasteiger partial charge in [0.05, 0.1) is 13.2 Å². The topological polar surface area (TPSA) is 38.8 Å². The largest absolute Gasteiger partial charge is 0.497 e. The van der Waals surface area contributed by atoms with Crippen LogP contribution in [0.5, 0.6) is 5.75 Å². The van der Waals surface area contributed by atoms with Gasteiger partial charge in [0, 0.05) is 26.6 Å². The molecule has 3 atom stereocenters. The molecule has 1 saturated heterocycles. The van der Waals surface area contributed by atoms with Gasteiger partial charge < -0.3 is 14.4 Å². The van der Waals surface area contributed by atoms with Crippen molar-refractivity contribution < 1.29 is 18.7 Å². The van der Waals surface area contributed by atoms with E-state index in [1.165, 1.54) is 6.07 Å². The maximum absolute atomic E-state index is 14.9. The zero-order valence-corrected chi connectivity index (χ0v) is 24.7. The SMILES string of the molecule is COc1ccc(CN2C(=O)C(Cc3ccc(I)cc3F)O[C@H](c3ccc(Cl)cc3)C2c2ccc(Cl)cc2)cc1. The monoisotopic (exact) mass is 675 g/mol. The van der Waals surface area contributed by atoms with E-state index in [4.69, 9.17) is 32.7 Å². The average molecular weight is 676 g/mol. The Labute approximate surface area is 250 Å². The maximum atomic E-state index is 14.9. The molecule has 200 valence electrons. The van der Waals surface area contributed by atoms with Crippen molar-refractivity contribution in [1.82, 2.24) is 4.90 Å². The molecular formula is C31H25Cl2FINO3. The first kappa shape index (κ1) is 27.9. The first-order chi connectivity index (χ1) is 18.8. The fourth-order valence-electron chi connectivity index (χ4n) is 4.85. The average Bonchev–Trinajstić information content (AvgIpc) is 2.93. The number of nitrogens with zero attached hydrogens (tertiary/aromatic N) is 1. The molecule has 0 saturated carbocycles. The van der Waals surface area contributed by atoms with Gasteiger partial charge in [-0.3, -0.25) is 4.79 Å². The smallest absolute Gasteiger partial charge is 0.253 e. The molecule has 1 fully saturated rings. The summed E-state index contributed by atoms with van der Waals surface area (Å²) in [6.45, 7) is 0.329. The third kappa shape index (κ3) is 6.40. The van der Waals surface area contributed by atoms with Crippen LogP contribution in [0.1, 0.15) is 34.4 Å². The molecule has 1 aliphatic heterocycles. The van der Waals surface area contributed by atoms with Gasteiger partial charge in [0.1, 0.15) is 23.8 Å². The van der Waals surface area contributed by atoms with Gasteiger partial charge in [-0.1, -0.05) is 65.7 Å². The minimum absolute atomic E-state index is 0.109. The zero-order chi connectivity index (χ0) is 27.5. The van der Waals surface area contributed by atoms with E-state index in [1.54, 1.807) is 37.4 Å². The predicted octanol–water partition coefficient (Wildman–Crippen LogP) is 8.20. The summed E-state index contributed by atoms with van der Waals surface area (Å²) >= 11 is 14.5. The lowest BCUT2D eigenvalue weighted by molar-refractivity contribution is -0.175. The Morgan fingerprint density at radius 1 is 0.897 bits per heavy atom. The van der Waals surface area contributed by atoms with E-state index in [9.17, 15) is 9.18 Å². The van der Waals surface area contributed by atoms with Crippen LogP contribution in [0.4, 0.5) is 4.39 Å². The van der Waals surface area contributed by atoms with E-state index in [0.717, 1.165) is 26.0 Å². The Hall–Kier alpha value is -2.65. The molecule has 0 N–H and O–H groups in total. The number of ether oxygens (including phenoxy) is 2. The number of hydrogen-bond donors (Lipinski definition) is 0. The molecule has 0 bridgehead atoms. The highest BCUT2D eigenvalue weighted by atomic mass is 127. The Morgan fingerprint density at radius 2 is 1.51 bits per heavy atom. The number of carbonyl (C=O) groups excluding carboxylic acids is 1. The molecule has 4 aromatic rings. The number of hydrogen-bond acceptors (Lipinski definition) is 3. The van der Waals surface area contributed by atoms with Crippen LogP contribution < -0.4 is 4.74 Å². The van der Waals surface area contributed by atoms with Gasteiger partial charge in [0.25, 0.3) is 5.91 Å². The lowest BCUT2D eigenvalue weighted by Crippen LogP contribution is -2.51. The number of methoxy groups -OCH3 is 1. The molecule has 5 rings (SSSR count). The van der Waals surface area contributed by atoms with Crippen molar-refractivity contribution >= 4 is 51.7 Å². The van der Waals surface area contributed by atoms with Gasteiger partial charge in [-0.2, -0.15) is 0 Å². The first-order valence-electron chi connectivity index (χ1n) is 12.4. The summed E-state index contributed by atoms with van der Waals surface area (Å²) in [6, 6.07) is 27.0. The molecule has 4 aromatic carbocycles. The minimum atomic E-state index is -0.887. The van der Waals surface area contributed by atoms with E-state index >= 15 is 0 Å². The highest BCUT2D eigenvalue weighted by Crippen LogP contribution is 2.44. The summed E-state index contributed by atoms with van der Waals surface area (Å²) in [6.07, 6.45) is -1.31. The third-order valence-corrected chi connectivity index (χ3v) is 8.01. The van der Waals surface area contributed by atoms with E-state index in [-0.39, 0.29) is 18.1 Å². The Kier molecular flexibility index (Phi) is 8.76. The Morgan fingerprint density at radius 3 is 2.10 bits per heavy atom. The van der Waals surface area contributed by atoms with Crippen molar-refractivity contribution in [3.63, 3.8) is 0 Å². The van der Waals surface area contributed by atoms with Crippen LogP contribution in [-0.4, -0.2) is 24.0 Å². The van der Waals surface area contributed by atoms with Crippen molar-refractivity contribution in [3.05, 3.63) is 133 Å². The van der Waals surface area contributed by atoms with Gasteiger partial charge in [-0.05, 0) is 93.4 Å². The molecular weight excluding hydrogens is 651 g/mol. The second-order valence-corrected chi connectivity index (χ2v) is 11.5. The molecule has 1 aliphatic rings. The molecule has 0 radical (unpaired) electrons. The first-order valence-corrected chi connectivity index (χ1v) is 14.2. The van der Waals surface area contributed by atoms with Gasteiger partial charge in [0.15, 0.2) is 0 Å². The molecule has 4 nitrogen and oxygen atoms in total. The summed E-state index contributed by atoms with van der Waals surface area (Å²) in [4.78, 5) is 15.9. The number of benzene rings is 4. The van der Waals surface area contributed by atoms with Crippen molar-refractivity contribution in [2.24, 2.45) is 0 Å². The fraction of sp³-hybridized carbons (Fsp3) is 0.194. The van der Waals surface area contributed by atoms with Crippen molar-refractivity contribution in [3.8, 4) is 5.75 Å². The summed E-state index contributed by atoms with van der Waals surface area (Å²) in [5.41, 5.74) is 3.09. The molecule has 1 amide bonds. The van der Waals surface area contributed by atoms with Crippen LogP contribution in [0.2, 0.25) is 10.0 Å². The number of morpholine rings is 1. The second kappa shape index (κ2) is 12.3. The molecule has 0 aliphatic carbocycles. The molecule has 1 heterocycles. The Balaban J connectivity index is 1.59. The normalized spacial score (nSPS) is 19.3. The molecule has 0 aromatic heterocycles. The molecule has 0 spiro atoms. The summed E-state index contributed by atoms with van der Waals surface area (Å²) in [5, 5.41) is 1.19. The highest BCUT2D eigenvalue weighted by Gasteiger charge is 2.44. The zero-order valence-electron chi connectivity index (χ0n) is 21.0. The lowest BCUT2D eigenvalue weighted by Gasteiger charge is -2.45. The standard InChI is InChI=1S/C31H25Cl2FINO3/c1-38-26-14-2-19(3-15-26)18-36-29(20-4-9-23(32)10-5-20)30(21-6-11-24(33)12-7-21)39-28(31(36)37)16-22-8-13-25(35)17-27(22)34/h2-15,17,28-30H,16,18H2,1H3/t28?,29?,30-/m1/s1. The van der Waals surface area contributed by atoms with Crippen LogP contribution >= 0.6 is 45.8 Å². The predicted molar refractivity (Wildman–Crippen MR) is 160 cm³/mol.